The van der Waals surface area contributed by atoms with Crippen LogP contribution < -0.4 is 10.1 Å². The van der Waals surface area contributed by atoms with Gasteiger partial charge in [0.25, 0.3) is 5.91 Å². The zero-order valence-corrected chi connectivity index (χ0v) is 17.0. The number of anilines is 1. The third kappa shape index (κ3) is 6.95. The number of esters is 2. The molecule has 0 aliphatic carbocycles. The highest BCUT2D eigenvalue weighted by Crippen LogP contribution is 2.24. The predicted molar refractivity (Wildman–Crippen MR) is 108 cm³/mol. The summed E-state index contributed by atoms with van der Waals surface area (Å²) in [6, 6.07) is 13.6. The monoisotopic (exact) mass is 399 g/mol. The van der Waals surface area contributed by atoms with Gasteiger partial charge in [-0.3, -0.25) is 4.79 Å². The standard InChI is InChI=1S/C22H25NO6/c1-22(2,3)16-7-11-18(12-8-16)28-14-20(25)29-13-19(24)23-17-9-5-15(6-10-17)21(26)27-4/h5-12H,13-14H2,1-4H3,(H,23,24). The van der Waals surface area contributed by atoms with Crippen molar-refractivity contribution in [1.82, 2.24) is 0 Å². The summed E-state index contributed by atoms with van der Waals surface area (Å²) in [7, 11) is 1.29. The predicted octanol–water partition coefficient (Wildman–Crippen LogP) is 3.33. The number of nitrogens with one attached hydrogen (secondary N) is 1. The first-order valence-electron chi connectivity index (χ1n) is 9.06. The molecule has 0 aliphatic rings. The Morgan fingerprint density at radius 1 is 0.897 bits per heavy atom. The van der Waals surface area contributed by atoms with Crippen LogP contribution in [0.25, 0.3) is 0 Å². The molecule has 0 saturated heterocycles. The maximum atomic E-state index is 11.9. The van der Waals surface area contributed by atoms with Crippen LogP contribution in [0.5, 0.6) is 5.75 Å². The second-order valence-electron chi connectivity index (χ2n) is 7.34. The van der Waals surface area contributed by atoms with E-state index in [0.717, 1.165) is 5.56 Å². The van der Waals surface area contributed by atoms with Gasteiger partial charge in [-0.1, -0.05) is 32.9 Å². The van der Waals surface area contributed by atoms with E-state index in [1.165, 1.54) is 19.2 Å². The molecular formula is C22H25NO6. The normalized spacial score (nSPS) is 10.8. The van der Waals surface area contributed by atoms with Crippen molar-refractivity contribution in [2.75, 3.05) is 25.6 Å². The van der Waals surface area contributed by atoms with E-state index in [2.05, 4.69) is 30.8 Å². The summed E-state index contributed by atoms with van der Waals surface area (Å²) >= 11 is 0. The maximum absolute atomic E-state index is 11.9. The lowest BCUT2D eigenvalue weighted by Crippen LogP contribution is -2.23. The zero-order valence-electron chi connectivity index (χ0n) is 17.0. The van der Waals surface area contributed by atoms with Crippen LogP contribution in [0.1, 0.15) is 36.7 Å². The van der Waals surface area contributed by atoms with Gasteiger partial charge in [-0.05, 0) is 47.4 Å². The van der Waals surface area contributed by atoms with E-state index in [4.69, 9.17) is 9.47 Å². The van der Waals surface area contributed by atoms with Gasteiger partial charge in [-0.2, -0.15) is 0 Å². The van der Waals surface area contributed by atoms with Crippen LogP contribution in [0, 0.1) is 0 Å². The van der Waals surface area contributed by atoms with Gasteiger partial charge in [0.15, 0.2) is 13.2 Å². The van der Waals surface area contributed by atoms with Crippen LogP contribution >= 0.6 is 0 Å². The van der Waals surface area contributed by atoms with Crippen molar-refractivity contribution in [2.45, 2.75) is 26.2 Å². The molecule has 0 aromatic heterocycles. The van der Waals surface area contributed by atoms with Gasteiger partial charge in [0.05, 0.1) is 12.7 Å². The summed E-state index contributed by atoms with van der Waals surface area (Å²) < 4.78 is 14.9. The fraction of sp³-hybridized carbons (Fsp3) is 0.318. The van der Waals surface area contributed by atoms with Gasteiger partial charge in [-0.15, -0.1) is 0 Å². The molecule has 1 N–H and O–H groups in total. The van der Waals surface area contributed by atoms with E-state index in [0.29, 0.717) is 17.0 Å². The summed E-state index contributed by atoms with van der Waals surface area (Å²) in [4.78, 5) is 35.0. The lowest BCUT2D eigenvalue weighted by Gasteiger charge is -2.19. The van der Waals surface area contributed by atoms with E-state index in [1.807, 2.05) is 12.1 Å². The molecular weight excluding hydrogens is 374 g/mol. The highest BCUT2D eigenvalue weighted by molar-refractivity contribution is 5.94. The number of ether oxygens (including phenoxy) is 3. The maximum Gasteiger partial charge on any atom is 0.344 e. The molecule has 7 heteroatoms. The molecule has 2 rings (SSSR count). The summed E-state index contributed by atoms with van der Waals surface area (Å²) in [6.45, 7) is 5.59. The van der Waals surface area contributed by atoms with Gasteiger partial charge >= 0.3 is 11.9 Å². The summed E-state index contributed by atoms with van der Waals surface area (Å²) in [5, 5.41) is 2.57. The first-order chi connectivity index (χ1) is 13.7. The summed E-state index contributed by atoms with van der Waals surface area (Å²) in [6.07, 6.45) is 0. The molecule has 0 atom stereocenters. The van der Waals surface area contributed by atoms with Crippen LogP contribution in [-0.2, 0) is 24.5 Å². The SMILES string of the molecule is COC(=O)c1ccc(NC(=O)COC(=O)COc2ccc(C(C)(C)C)cc2)cc1. The van der Waals surface area contributed by atoms with E-state index >= 15 is 0 Å². The minimum Gasteiger partial charge on any atom is -0.482 e. The molecule has 29 heavy (non-hydrogen) atoms. The van der Waals surface area contributed by atoms with Crippen molar-refractivity contribution in [1.29, 1.82) is 0 Å². The lowest BCUT2D eigenvalue weighted by atomic mass is 9.87. The molecule has 7 nitrogen and oxygen atoms in total. The molecule has 2 aromatic rings. The van der Waals surface area contributed by atoms with Crippen LogP contribution in [0.3, 0.4) is 0 Å². The Labute approximate surface area is 170 Å². The minimum absolute atomic E-state index is 0.0322. The summed E-state index contributed by atoms with van der Waals surface area (Å²) in [5.74, 6) is -1.07. The van der Waals surface area contributed by atoms with Gasteiger partial charge in [0.2, 0.25) is 0 Å². The van der Waals surface area contributed by atoms with Crippen molar-refractivity contribution in [3.05, 3.63) is 59.7 Å². The van der Waals surface area contributed by atoms with Crippen LogP contribution in [0.15, 0.2) is 48.5 Å². The highest BCUT2D eigenvalue weighted by Gasteiger charge is 2.14. The number of carbonyl (C=O) groups excluding carboxylic acids is 3. The van der Waals surface area contributed by atoms with Crippen molar-refractivity contribution in [3.8, 4) is 5.75 Å². The average molecular weight is 399 g/mol. The van der Waals surface area contributed by atoms with Gasteiger partial charge in [0.1, 0.15) is 5.75 Å². The first-order valence-corrected chi connectivity index (χ1v) is 9.06. The second kappa shape index (κ2) is 9.73. The Kier molecular flexibility index (Phi) is 7.36. The quantitative estimate of drug-likeness (QED) is 0.718. The Morgan fingerprint density at radius 2 is 1.52 bits per heavy atom. The van der Waals surface area contributed by atoms with Crippen LogP contribution in [0.2, 0.25) is 0 Å². The minimum atomic E-state index is -0.652. The molecule has 0 fully saturated rings. The molecule has 0 unspecified atom stereocenters. The summed E-state index contributed by atoms with van der Waals surface area (Å²) in [5.41, 5.74) is 2.02. The number of amides is 1. The van der Waals surface area contributed by atoms with E-state index < -0.39 is 24.5 Å². The molecule has 0 heterocycles. The largest absolute Gasteiger partial charge is 0.482 e. The Morgan fingerprint density at radius 3 is 2.07 bits per heavy atom. The molecule has 0 aliphatic heterocycles. The number of benzene rings is 2. The number of rotatable bonds is 7. The number of methoxy groups -OCH3 is 1. The third-order valence-electron chi connectivity index (χ3n) is 4.03. The molecule has 0 spiro atoms. The second-order valence-corrected chi connectivity index (χ2v) is 7.34. The topological polar surface area (TPSA) is 90.9 Å². The molecule has 0 radical (unpaired) electrons. The van der Waals surface area contributed by atoms with Gasteiger partial charge < -0.3 is 19.5 Å². The van der Waals surface area contributed by atoms with Crippen LogP contribution in [-0.4, -0.2) is 38.2 Å². The Balaban J connectivity index is 1.74. The molecule has 1 amide bonds. The lowest BCUT2D eigenvalue weighted by molar-refractivity contribution is -0.149. The third-order valence-corrected chi connectivity index (χ3v) is 4.03. The number of carbonyl (C=O) groups is 3. The molecule has 0 saturated carbocycles. The fourth-order valence-electron chi connectivity index (χ4n) is 2.39. The van der Waals surface area contributed by atoms with E-state index in [9.17, 15) is 14.4 Å². The smallest absolute Gasteiger partial charge is 0.344 e. The fourth-order valence-corrected chi connectivity index (χ4v) is 2.39. The Bertz CT molecular complexity index is 850. The Hall–Kier alpha value is -3.35. The first kappa shape index (κ1) is 21.9. The molecule has 154 valence electrons. The van der Waals surface area contributed by atoms with Gasteiger partial charge in [-0.25, -0.2) is 9.59 Å². The van der Waals surface area contributed by atoms with Crippen molar-refractivity contribution < 1.29 is 28.6 Å². The van der Waals surface area contributed by atoms with Gasteiger partial charge in [0, 0.05) is 5.69 Å². The molecule has 2 aromatic carbocycles. The van der Waals surface area contributed by atoms with Crippen molar-refractivity contribution >= 4 is 23.5 Å². The van der Waals surface area contributed by atoms with Crippen molar-refractivity contribution in [2.24, 2.45) is 0 Å². The van der Waals surface area contributed by atoms with E-state index in [1.54, 1.807) is 24.3 Å². The molecule has 0 bridgehead atoms. The number of hydrogen-bond donors (Lipinski definition) is 1. The zero-order chi connectivity index (χ0) is 21.4. The average Bonchev–Trinajstić information content (AvgIpc) is 2.70. The van der Waals surface area contributed by atoms with E-state index in [-0.39, 0.29) is 12.0 Å². The van der Waals surface area contributed by atoms with Crippen LogP contribution in [0.4, 0.5) is 5.69 Å². The van der Waals surface area contributed by atoms with Crippen molar-refractivity contribution in [3.63, 3.8) is 0 Å². The number of hydrogen-bond acceptors (Lipinski definition) is 6. The highest BCUT2D eigenvalue weighted by atomic mass is 16.6.